The van der Waals surface area contributed by atoms with E-state index in [0.717, 1.165) is 125 Å². The summed E-state index contributed by atoms with van der Waals surface area (Å²) in [7, 11) is 1.77. The lowest BCUT2D eigenvalue weighted by molar-refractivity contribution is 0.122. The molecule has 0 aliphatic carbocycles. The second-order valence-corrected chi connectivity index (χ2v) is 23.1. The molecule has 0 bridgehead atoms. The first kappa shape index (κ1) is 49.4. The molecule has 4 aromatic carbocycles. The zero-order chi connectivity index (χ0) is 48.8. The molecule has 0 spiro atoms. The van der Waals surface area contributed by atoms with Gasteiger partial charge in [0.25, 0.3) is 0 Å². The maximum absolute atomic E-state index is 12.6. The SMILES string of the molecule is COCCN1CCC(Nc2ccc3c(c2)Sc2cccc(-c4cc(N5CCOCC5)cc(=O)[nH]4)c2S3)CC1.O=c1cc(N2CCOCC2)cc(-c2cccc3c2Sc2ccc(NC4CCNCC4)cc2S3)[nH]1. The van der Waals surface area contributed by atoms with Gasteiger partial charge in [-0.15, -0.1) is 0 Å². The normalized spacial score (nSPS) is 18.2. The van der Waals surface area contributed by atoms with Gasteiger partial charge in [-0.25, -0.2) is 0 Å². The predicted octanol–water partition coefficient (Wildman–Crippen LogP) is 9.68. The summed E-state index contributed by atoms with van der Waals surface area (Å²) in [6.45, 7) is 12.2. The summed E-state index contributed by atoms with van der Waals surface area (Å²) in [5.41, 5.74) is 8.03. The molecule has 0 saturated carbocycles. The van der Waals surface area contributed by atoms with Crippen molar-refractivity contribution in [1.82, 2.24) is 20.2 Å². The van der Waals surface area contributed by atoms with Crippen LogP contribution in [0.4, 0.5) is 22.7 Å². The van der Waals surface area contributed by atoms with Crippen LogP contribution >= 0.6 is 47.0 Å². The molecule has 0 radical (unpaired) electrons. The van der Waals surface area contributed by atoms with Gasteiger partial charge >= 0.3 is 0 Å². The summed E-state index contributed by atoms with van der Waals surface area (Å²) in [5.74, 6) is 0. The van der Waals surface area contributed by atoms with Crippen LogP contribution < -0.4 is 36.9 Å². The first-order chi connectivity index (χ1) is 35.4. The number of ether oxygens (including phenoxy) is 3. The van der Waals surface area contributed by atoms with Gasteiger partial charge in [0.15, 0.2) is 0 Å². The topological polar surface area (TPSA) is 139 Å². The summed E-state index contributed by atoms with van der Waals surface area (Å²) in [6.07, 6.45) is 4.62. The van der Waals surface area contributed by atoms with Crippen LogP contribution in [0.1, 0.15) is 25.7 Å². The second kappa shape index (κ2) is 23.2. The molecule has 4 fully saturated rings. The molecule has 2 aromatic heterocycles. The van der Waals surface area contributed by atoms with E-state index in [1.54, 1.807) is 42.8 Å². The van der Waals surface area contributed by atoms with Crippen LogP contribution in [-0.2, 0) is 14.2 Å². The van der Waals surface area contributed by atoms with E-state index in [0.29, 0.717) is 38.5 Å². The molecule has 12 rings (SSSR count). The summed E-state index contributed by atoms with van der Waals surface area (Å²) in [5, 5.41) is 10.9. The summed E-state index contributed by atoms with van der Waals surface area (Å²) in [6, 6.07) is 34.8. The van der Waals surface area contributed by atoms with Gasteiger partial charge in [-0.1, -0.05) is 71.3 Å². The quantitative estimate of drug-likeness (QED) is 0.0840. The van der Waals surface area contributed by atoms with Crippen LogP contribution in [0.25, 0.3) is 22.5 Å². The molecule has 5 N–H and O–H groups in total. The zero-order valence-corrected chi connectivity index (χ0v) is 43.9. The summed E-state index contributed by atoms with van der Waals surface area (Å²) in [4.78, 5) is 48.2. The fourth-order valence-electron chi connectivity index (χ4n) is 10.1. The number of piperidine rings is 2. The van der Waals surface area contributed by atoms with Gasteiger partial charge in [0, 0.05) is 150 Å². The molecule has 8 heterocycles. The lowest BCUT2D eigenvalue weighted by atomic mass is 10.0. The Labute approximate surface area is 438 Å². The van der Waals surface area contributed by atoms with E-state index in [9.17, 15) is 9.59 Å². The van der Waals surface area contributed by atoms with E-state index in [2.05, 4.69) is 126 Å². The van der Waals surface area contributed by atoms with Crippen molar-refractivity contribution in [2.75, 3.05) is 119 Å². The predicted molar refractivity (Wildman–Crippen MR) is 295 cm³/mol. The molecule has 4 saturated heterocycles. The Morgan fingerprint density at radius 1 is 0.556 bits per heavy atom. The number of methoxy groups -OCH3 is 1. The number of aromatic nitrogens is 2. The summed E-state index contributed by atoms with van der Waals surface area (Å²) >= 11 is 7.21. The van der Waals surface area contributed by atoms with Gasteiger partial charge in [0.05, 0.1) is 44.4 Å². The minimum atomic E-state index is -0.0734. The lowest BCUT2D eigenvalue weighted by Crippen LogP contribution is -2.40. The highest BCUT2D eigenvalue weighted by atomic mass is 32.2. The Hall–Kier alpha value is -4.82. The number of rotatable bonds is 11. The van der Waals surface area contributed by atoms with E-state index >= 15 is 0 Å². The highest BCUT2D eigenvalue weighted by Gasteiger charge is 2.26. The number of nitrogens with one attached hydrogen (secondary N) is 5. The van der Waals surface area contributed by atoms with Crippen molar-refractivity contribution in [3.8, 4) is 22.5 Å². The number of hydrogen-bond acceptors (Lipinski definition) is 15. The zero-order valence-electron chi connectivity index (χ0n) is 40.6. The van der Waals surface area contributed by atoms with Gasteiger partial charge in [-0.05, 0) is 99.4 Å². The molecule has 72 heavy (non-hydrogen) atoms. The number of morpholine rings is 2. The Kier molecular flexibility index (Phi) is 15.9. The fraction of sp³-hybridized carbons (Fsp3) is 0.382. The van der Waals surface area contributed by atoms with E-state index in [4.69, 9.17) is 14.2 Å². The number of likely N-dealkylation sites (tertiary alicyclic amines) is 1. The standard InChI is InChI=1S/C29H34N4O3S2.C26H28N4O2S2/c1-35-14-11-32-9-7-20(8-10-32)30-21-5-6-25-27(17-21)37-26-4-2-3-23(29(26)38-25)24-18-22(19-28(34)31-24)33-12-15-36-16-13-33;31-25-16-19(30-10-12-32-13-11-30)15-21(29-25)20-2-1-3-23-26(20)34-22-5-4-18(14-24(22)33-23)28-17-6-8-27-9-7-17/h2-6,17-20,30H,7-16H2,1H3,(H,31,34);1-5,14-17,27-28H,6-13H2,(H,29,31). The minimum Gasteiger partial charge on any atom is -0.383 e. The third kappa shape index (κ3) is 11.7. The molecule has 0 atom stereocenters. The molecule has 6 aromatic rings. The first-order valence-electron chi connectivity index (χ1n) is 25.2. The van der Waals surface area contributed by atoms with Crippen molar-refractivity contribution in [3.05, 3.63) is 118 Å². The van der Waals surface area contributed by atoms with E-state index in [-0.39, 0.29) is 11.1 Å². The third-order valence-corrected chi connectivity index (χ3v) is 19.2. The first-order valence-corrected chi connectivity index (χ1v) is 28.5. The lowest BCUT2D eigenvalue weighted by Gasteiger charge is -2.33. The van der Waals surface area contributed by atoms with Gasteiger partial charge < -0.3 is 54.8 Å². The van der Waals surface area contributed by atoms with Crippen molar-refractivity contribution in [3.63, 3.8) is 0 Å². The Bertz CT molecular complexity index is 2980. The molecule has 17 heteroatoms. The third-order valence-electron chi connectivity index (χ3n) is 14.0. The van der Waals surface area contributed by atoms with Crippen molar-refractivity contribution >= 4 is 69.8 Å². The van der Waals surface area contributed by atoms with Crippen LogP contribution in [0.15, 0.2) is 146 Å². The van der Waals surface area contributed by atoms with Crippen molar-refractivity contribution in [2.24, 2.45) is 0 Å². The minimum absolute atomic E-state index is 0.0703. The Morgan fingerprint density at radius 3 is 1.53 bits per heavy atom. The highest BCUT2D eigenvalue weighted by molar-refractivity contribution is 8.05. The van der Waals surface area contributed by atoms with Crippen LogP contribution in [-0.4, -0.2) is 126 Å². The average Bonchev–Trinajstić information content (AvgIpc) is 3.42. The maximum atomic E-state index is 12.6. The number of pyridine rings is 2. The van der Waals surface area contributed by atoms with Gasteiger partial charge in [0.1, 0.15) is 0 Å². The summed E-state index contributed by atoms with van der Waals surface area (Å²) < 4.78 is 16.2. The molecular weight excluding hydrogens is 981 g/mol. The molecule has 13 nitrogen and oxygen atoms in total. The largest absolute Gasteiger partial charge is 0.383 e. The molecule has 0 amide bonds. The van der Waals surface area contributed by atoms with Crippen molar-refractivity contribution < 1.29 is 14.2 Å². The number of anilines is 4. The van der Waals surface area contributed by atoms with Crippen LogP contribution in [0, 0.1) is 0 Å². The van der Waals surface area contributed by atoms with E-state index in [1.807, 2.05) is 23.5 Å². The van der Waals surface area contributed by atoms with Crippen molar-refractivity contribution in [1.29, 1.82) is 0 Å². The van der Waals surface area contributed by atoms with Crippen molar-refractivity contribution in [2.45, 2.75) is 76.9 Å². The number of nitrogens with zero attached hydrogens (tertiary/aromatic N) is 3. The van der Waals surface area contributed by atoms with E-state index in [1.165, 1.54) is 50.5 Å². The number of benzene rings is 4. The molecule has 6 aliphatic rings. The Balaban J connectivity index is 0.000000157. The van der Waals surface area contributed by atoms with Gasteiger partial charge in [-0.2, -0.15) is 0 Å². The monoisotopic (exact) mass is 1040 g/mol. The van der Waals surface area contributed by atoms with Gasteiger partial charge in [-0.3, -0.25) is 9.59 Å². The molecule has 376 valence electrons. The fourth-order valence-corrected chi connectivity index (χ4v) is 14.9. The smallest absolute Gasteiger partial charge is 0.250 e. The van der Waals surface area contributed by atoms with Gasteiger partial charge in [0.2, 0.25) is 11.1 Å². The number of hydrogen-bond donors (Lipinski definition) is 5. The molecule has 6 aliphatic heterocycles. The number of H-pyrrole nitrogens is 2. The highest BCUT2D eigenvalue weighted by Crippen LogP contribution is 2.53. The second-order valence-electron chi connectivity index (χ2n) is 18.9. The van der Waals surface area contributed by atoms with Crippen LogP contribution in [0.2, 0.25) is 0 Å². The number of aromatic amines is 2. The maximum Gasteiger partial charge on any atom is 0.250 e. The van der Waals surface area contributed by atoms with E-state index < -0.39 is 0 Å². The molecule has 0 unspecified atom stereocenters. The van der Waals surface area contributed by atoms with Crippen LogP contribution in [0.5, 0.6) is 0 Å². The van der Waals surface area contributed by atoms with Crippen LogP contribution in [0.3, 0.4) is 0 Å². The molecular formula is C55H62N8O5S4. The Morgan fingerprint density at radius 2 is 1.04 bits per heavy atom. The average molecular weight is 1040 g/mol. The number of fused-ring (bicyclic) bond motifs is 4.